The maximum Gasteiger partial charge on any atom is 0.264 e. The Labute approximate surface area is 195 Å². The Morgan fingerprint density at radius 1 is 1.00 bits per heavy atom. The number of carbonyl (C=O) groups excluding carboxylic acids is 1. The van der Waals surface area contributed by atoms with E-state index in [1.807, 2.05) is 0 Å². The van der Waals surface area contributed by atoms with E-state index in [2.05, 4.69) is 10.5 Å². The summed E-state index contributed by atoms with van der Waals surface area (Å²) in [4.78, 5) is 12.6. The maximum atomic E-state index is 13.3. The number of rotatable bonds is 7. The van der Waals surface area contributed by atoms with E-state index >= 15 is 0 Å². The highest BCUT2D eigenvalue weighted by molar-refractivity contribution is 7.92. The number of anilines is 1. The molecule has 0 saturated heterocycles. The minimum atomic E-state index is -4.11. The minimum Gasteiger partial charge on any atom is -0.271 e. The van der Waals surface area contributed by atoms with Crippen LogP contribution < -0.4 is 9.73 Å². The summed E-state index contributed by atoms with van der Waals surface area (Å²) >= 11 is 12.1. The lowest BCUT2D eigenvalue weighted by Gasteiger charge is -2.24. The number of sulfonamides is 1. The third-order valence-electron chi connectivity index (χ3n) is 4.36. The zero-order chi connectivity index (χ0) is 23.3. The molecular weight excluding hydrogens is 476 g/mol. The van der Waals surface area contributed by atoms with Gasteiger partial charge in [-0.2, -0.15) is 5.10 Å². The van der Waals surface area contributed by atoms with Crippen LogP contribution in [0.15, 0.2) is 82.8 Å². The smallest absolute Gasteiger partial charge is 0.264 e. The van der Waals surface area contributed by atoms with Crippen molar-refractivity contribution in [3.8, 4) is 0 Å². The number of carbonyl (C=O) groups is 1. The molecule has 0 aliphatic rings. The number of nitrogens with zero attached hydrogens (tertiary/aromatic N) is 2. The molecule has 1 amide bonds. The molecule has 0 radical (unpaired) electrons. The van der Waals surface area contributed by atoms with Gasteiger partial charge in [0.15, 0.2) is 0 Å². The van der Waals surface area contributed by atoms with Gasteiger partial charge >= 0.3 is 0 Å². The Hall–Kier alpha value is -2.94. The zero-order valence-corrected chi connectivity index (χ0v) is 19.1. The maximum absolute atomic E-state index is 13.3. The summed E-state index contributed by atoms with van der Waals surface area (Å²) in [6, 6.07) is 17.5. The first-order valence-corrected chi connectivity index (χ1v) is 11.5. The Bertz CT molecular complexity index is 1230. The third kappa shape index (κ3) is 5.85. The van der Waals surface area contributed by atoms with Crippen molar-refractivity contribution in [3.63, 3.8) is 0 Å². The van der Waals surface area contributed by atoms with Crippen LogP contribution in [0.1, 0.15) is 12.5 Å². The van der Waals surface area contributed by atoms with Crippen molar-refractivity contribution in [1.82, 2.24) is 5.43 Å². The quantitative estimate of drug-likeness (QED) is 0.376. The molecule has 1 N–H and O–H groups in total. The molecule has 0 unspecified atom stereocenters. The van der Waals surface area contributed by atoms with Crippen molar-refractivity contribution in [3.05, 3.63) is 94.2 Å². The normalized spacial score (nSPS) is 11.8. The van der Waals surface area contributed by atoms with Crippen molar-refractivity contribution in [2.24, 2.45) is 5.10 Å². The molecule has 0 bridgehead atoms. The highest BCUT2D eigenvalue weighted by Gasteiger charge is 2.27. The fourth-order valence-corrected chi connectivity index (χ4v) is 4.73. The van der Waals surface area contributed by atoms with Crippen LogP contribution in [0.2, 0.25) is 10.0 Å². The van der Waals surface area contributed by atoms with Crippen LogP contribution in [0.3, 0.4) is 0 Å². The van der Waals surface area contributed by atoms with Crippen LogP contribution in [-0.4, -0.2) is 26.6 Å². The molecule has 3 aromatic carbocycles. The predicted octanol–water partition coefficient (Wildman–Crippen LogP) is 4.87. The zero-order valence-electron chi connectivity index (χ0n) is 16.8. The summed E-state index contributed by atoms with van der Waals surface area (Å²) in [5.74, 6) is -1.09. The van der Waals surface area contributed by atoms with Crippen LogP contribution in [0.4, 0.5) is 10.1 Å². The molecule has 3 aromatic rings. The number of benzene rings is 3. The first-order valence-electron chi connectivity index (χ1n) is 9.30. The number of hydrogen-bond acceptors (Lipinski definition) is 4. The van der Waals surface area contributed by atoms with Gasteiger partial charge < -0.3 is 0 Å². The van der Waals surface area contributed by atoms with Gasteiger partial charge in [-0.1, -0.05) is 53.5 Å². The average Bonchev–Trinajstić information content (AvgIpc) is 2.76. The van der Waals surface area contributed by atoms with Gasteiger partial charge in [0.2, 0.25) is 0 Å². The van der Waals surface area contributed by atoms with Gasteiger partial charge in [0.25, 0.3) is 15.9 Å². The average molecular weight is 494 g/mol. The van der Waals surface area contributed by atoms with Crippen molar-refractivity contribution in [2.45, 2.75) is 11.8 Å². The van der Waals surface area contributed by atoms with Crippen LogP contribution in [0.5, 0.6) is 0 Å². The monoisotopic (exact) mass is 493 g/mol. The summed E-state index contributed by atoms with van der Waals surface area (Å²) in [5.41, 5.74) is 3.47. The molecule has 3 rings (SSSR count). The van der Waals surface area contributed by atoms with Crippen molar-refractivity contribution in [1.29, 1.82) is 0 Å². The molecule has 6 nitrogen and oxygen atoms in total. The second-order valence-electron chi connectivity index (χ2n) is 6.69. The lowest BCUT2D eigenvalue weighted by Crippen LogP contribution is -2.39. The fraction of sp³-hybridized carbons (Fsp3) is 0.0909. The van der Waals surface area contributed by atoms with E-state index in [0.29, 0.717) is 11.3 Å². The van der Waals surface area contributed by atoms with E-state index in [-0.39, 0.29) is 20.6 Å². The van der Waals surface area contributed by atoms with Gasteiger partial charge in [-0.25, -0.2) is 18.2 Å². The predicted molar refractivity (Wildman–Crippen MR) is 124 cm³/mol. The molecule has 0 aromatic heterocycles. The number of hydrazone groups is 1. The lowest BCUT2D eigenvalue weighted by atomic mass is 10.1. The van der Waals surface area contributed by atoms with E-state index in [9.17, 15) is 17.6 Å². The Balaban J connectivity index is 1.89. The summed E-state index contributed by atoms with van der Waals surface area (Å²) in [5, 5.41) is 4.41. The molecule has 166 valence electrons. The molecule has 32 heavy (non-hydrogen) atoms. The van der Waals surface area contributed by atoms with Gasteiger partial charge in [0, 0.05) is 10.0 Å². The summed E-state index contributed by atoms with van der Waals surface area (Å²) in [6.07, 6.45) is 0. The standard InChI is InChI=1S/C22H18Cl2FN3O3S/c1-15(16-7-9-19(25)10-8-16)26-27-22(29)14-28(20-12-17(23)11-18(24)13-20)32(30,31)21-5-3-2-4-6-21/h2-13H,14H2,1H3,(H,27,29)/b26-15-. The topological polar surface area (TPSA) is 78.8 Å². The third-order valence-corrected chi connectivity index (χ3v) is 6.59. The highest BCUT2D eigenvalue weighted by atomic mass is 35.5. The molecule has 0 atom stereocenters. The van der Waals surface area contributed by atoms with Crippen molar-refractivity contribution >= 4 is 50.5 Å². The van der Waals surface area contributed by atoms with E-state index in [4.69, 9.17) is 23.2 Å². The molecule has 0 heterocycles. The molecule has 0 aliphatic heterocycles. The van der Waals surface area contributed by atoms with Gasteiger partial charge in [0.1, 0.15) is 12.4 Å². The molecule has 0 fully saturated rings. The van der Waals surface area contributed by atoms with E-state index in [1.54, 1.807) is 25.1 Å². The minimum absolute atomic E-state index is 0.00473. The van der Waals surface area contributed by atoms with Gasteiger partial charge in [-0.3, -0.25) is 9.10 Å². The second-order valence-corrected chi connectivity index (χ2v) is 9.43. The van der Waals surface area contributed by atoms with E-state index in [1.165, 1.54) is 54.6 Å². The van der Waals surface area contributed by atoms with Gasteiger partial charge in [0.05, 0.1) is 16.3 Å². The second kappa shape index (κ2) is 10.1. The summed E-state index contributed by atoms with van der Waals surface area (Å²) in [7, 11) is -4.11. The first kappa shape index (κ1) is 23.7. The van der Waals surface area contributed by atoms with Crippen molar-refractivity contribution in [2.75, 3.05) is 10.8 Å². The van der Waals surface area contributed by atoms with Crippen LogP contribution in [0.25, 0.3) is 0 Å². The van der Waals surface area contributed by atoms with Gasteiger partial charge in [-0.15, -0.1) is 0 Å². The molecule has 0 aliphatic carbocycles. The molecule has 10 heteroatoms. The molecular formula is C22H18Cl2FN3O3S. The SMILES string of the molecule is C/C(=N/NC(=O)CN(c1cc(Cl)cc(Cl)c1)S(=O)(=O)c1ccccc1)c1ccc(F)cc1. The number of halogens is 3. The largest absolute Gasteiger partial charge is 0.271 e. The number of nitrogens with one attached hydrogen (secondary N) is 1. The Morgan fingerprint density at radius 2 is 1.59 bits per heavy atom. The first-order chi connectivity index (χ1) is 15.2. The molecule has 0 spiro atoms. The molecule has 0 saturated carbocycles. The Kier molecular flexibility index (Phi) is 7.50. The number of amides is 1. The van der Waals surface area contributed by atoms with Gasteiger partial charge in [-0.05, 0) is 55.0 Å². The fourth-order valence-electron chi connectivity index (χ4n) is 2.79. The van der Waals surface area contributed by atoms with Crippen LogP contribution >= 0.6 is 23.2 Å². The van der Waals surface area contributed by atoms with Crippen LogP contribution in [0, 0.1) is 5.82 Å². The highest BCUT2D eigenvalue weighted by Crippen LogP contribution is 2.29. The van der Waals surface area contributed by atoms with E-state index in [0.717, 1.165) is 4.31 Å². The number of hydrogen-bond donors (Lipinski definition) is 1. The lowest BCUT2D eigenvalue weighted by molar-refractivity contribution is -0.119. The van der Waals surface area contributed by atoms with Crippen molar-refractivity contribution < 1.29 is 17.6 Å². The summed E-state index contributed by atoms with van der Waals surface area (Å²) in [6.45, 7) is 1.05. The van der Waals surface area contributed by atoms with Crippen LogP contribution in [-0.2, 0) is 14.8 Å². The van der Waals surface area contributed by atoms with E-state index < -0.39 is 28.3 Å². The summed E-state index contributed by atoms with van der Waals surface area (Å²) < 4.78 is 40.5. The Morgan fingerprint density at radius 3 is 2.19 bits per heavy atom.